The van der Waals surface area contributed by atoms with Crippen LogP contribution in [0.2, 0.25) is 0 Å². The van der Waals surface area contributed by atoms with Gasteiger partial charge in [0.15, 0.2) is 0 Å². The lowest BCUT2D eigenvalue weighted by Crippen LogP contribution is -1.91. The maximum atomic E-state index is 2.31. The molecule has 0 spiro atoms. The second-order valence-electron chi connectivity index (χ2n) is 7.28. The van der Waals surface area contributed by atoms with Gasteiger partial charge in [-0.1, -0.05) is 104 Å². The molecule has 28 heavy (non-hydrogen) atoms. The largest absolute Gasteiger partial charge is 0.0622 e. The highest BCUT2D eigenvalue weighted by Gasteiger charge is 2.12. The van der Waals surface area contributed by atoms with E-state index in [0.29, 0.717) is 0 Å². The zero-order valence-electron chi connectivity index (χ0n) is 16.0. The summed E-state index contributed by atoms with van der Waals surface area (Å²) in [7, 11) is 0. The van der Waals surface area contributed by atoms with Crippen LogP contribution in [0.3, 0.4) is 0 Å². The van der Waals surface area contributed by atoms with Crippen LogP contribution in [0.25, 0.3) is 43.8 Å². The first-order valence-corrected chi connectivity index (χ1v) is 9.94. The van der Waals surface area contributed by atoms with Crippen molar-refractivity contribution in [3.8, 4) is 22.3 Å². The molecular formula is C28H22. The van der Waals surface area contributed by atoms with Gasteiger partial charge in [-0.15, -0.1) is 0 Å². The van der Waals surface area contributed by atoms with Crippen LogP contribution in [-0.2, 0) is 6.42 Å². The van der Waals surface area contributed by atoms with E-state index in [1.54, 1.807) is 0 Å². The molecule has 5 rings (SSSR count). The molecule has 0 N–H and O–H groups in total. The average Bonchev–Trinajstić information content (AvgIpc) is 2.78. The maximum absolute atomic E-state index is 2.31. The van der Waals surface area contributed by atoms with Crippen molar-refractivity contribution in [3.05, 3.63) is 109 Å². The molecule has 5 aromatic carbocycles. The Labute approximate surface area is 166 Å². The Morgan fingerprint density at radius 1 is 0.536 bits per heavy atom. The lowest BCUT2D eigenvalue weighted by atomic mass is 9.88. The van der Waals surface area contributed by atoms with Crippen molar-refractivity contribution >= 4 is 21.5 Å². The summed E-state index contributed by atoms with van der Waals surface area (Å²) in [6, 6.07) is 37.4. The molecule has 0 saturated carbocycles. The zero-order valence-corrected chi connectivity index (χ0v) is 16.0. The van der Waals surface area contributed by atoms with E-state index in [0.717, 1.165) is 6.42 Å². The predicted octanol–water partition coefficient (Wildman–Crippen LogP) is 7.89. The lowest BCUT2D eigenvalue weighted by molar-refractivity contribution is 1.16. The number of rotatable bonds is 3. The second-order valence-corrected chi connectivity index (χ2v) is 7.28. The van der Waals surface area contributed by atoms with Crippen LogP contribution < -0.4 is 0 Å². The molecule has 0 bridgehead atoms. The Hall–Kier alpha value is -3.38. The fourth-order valence-corrected chi connectivity index (χ4v) is 4.24. The van der Waals surface area contributed by atoms with Crippen LogP contribution in [-0.4, -0.2) is 0 Å². The van der Waals surface area contributed by atoms with E-state index < -0.39 is 0 Å². The summed E-state index contributed by atoms with van der Waals surface area (Å²) in [6.07, 6.45) is 1.03. The summed E-state index contributed by atoms with van der Waals surface area (Å²) in [5.41, 5.74) is 6.57. The summed E-state index contributed by atoms with van der Waals surface area (Å²) in [6.45, 7) is 2.24. The molecule has 0 unspecified atom stereocenters. The standard InChI is InChI=1S/C28H22/c1-2-20-13-8-14-27-25(24-16-15-21-9-6-7-12-23(21)19-24)17-18-26(28(20)27)22-10-4-3-5-11-22/h3-19H,2H2,1H3. The molecule has 0 radical (unpaired) electrons. The van der Waals surface area contributed by atoms with E-state index in [4.69, 9.17) is 0 Å². The van der Waals surface area contributed by atoms with E-state index in [1.165, 1.54) is 49.4 Å². The third-order valence-corrected chi connectivity index (χ3v) is 5.65. The van der Waals surface area contributed by atoms with Crippen molar-refractivity contribution in [2.24, 2.45) is 0 Å². The fraction of sp³-hybridized carbons (Fsp3) is 0.0714. The molecule has 0 heteroatoms. The molecule has 0 amide bonds. The molecular weight excluding hydrogens is 336 g/mol. The van der Waals surface area contributed by atoms with Crippen molar-refractivity contribution in [2.45, 2.75) is 13.3 Å². The van der Waals surface area contributed by atoms with Crippen molar-refractivity contribution in [1.82, 2.24) is 0 Å². The fourth-order valence-electron chi connectivity index (χ4n) is 4.24. The van der Waals surface area contributed by atoms with Crippen LogP contribution in [0.15, 0.2) is 103 Å². The number of fused-ring (bicyclic) bond motifs is 2. The molecule has 5 aromatic rings. The summed E-state index contributed by atoms with van der Waals surface area (Å²) < 4.78 is 0. The SMILES string of the molecule is CCc1cccc2c(-c3ccc4ccccc4c3)ccc(-c3ccccc3)c12. The van der Waals surface area contributed by atoms with E-state index in [1.807, 2.05) is 0 Å². The molecule has 0 saturated heterocycles. The summed E-state index contributed by atoms with van der Waals surface area (Å²) in [4.78, 5) is 0. The molecule has 0 aliphatic heterocycles. The average molecular weight is 358 g/mol. The second kappa shape index (κ2) is 6.98. The molecule has 0 atom stereocenters. The van der Waals surface area contributed by atoms with Gasteiger partial charge in [-0.25, -0.2) is 0 Å². The smallest absolute Gasteiger partial charge is 0.00672 e. The van der Waals surface area contributed by atoms with Crippen molar-refractivity contribution < 1.29 is 0 Å². The normalized spacial score (nSPS) is 11.2. The lowest BCUT2D eigenvalue weighted by Gasteiger charge is -2.15. The van der Waals surface area contributed by atoms with Gasteiger partial charge in [0.2, 0.25) is 0 Å². The van der Waals surface area contributed by atoms with Crippen LogP contribution >= 0.6 is 0 Å². The monoisotopic (exact) mass is 358 g/mol. The summed E-state index contributed by atoms with van der Waals surface area (Å²) in [5.74, 6) is 0. The van der Waals surface area contributed by atoms with Crippen molar-refractivity contribution in [2.75, 3.05) is 0 Å². The Morgan fingerprint density at radius 2 is 1.29 bits per heavy atom. The Bertz CT molecular complexity index is 1280. The Balaban J connectivity index is 1.81. The van der Waals surface area contributed by atoms with Gasteiger partial charge in [-0.05, 0) is 61.8 Å². The molecule has 0 fully saturated rings. The first-order chi connectivity index (χ1) is 13.8. The molecule has 0 heterocycles. The van der Waals surface area contributed by atoms with Gasteiger partial charge in [-0.2, -0.15) is 0 Å². The first-order valence-electron chi connectivity index (χ1n) is 9.94. The van der Waals surface area contributed by atoms with E-state index in [2.05, 4.69) is 110 Å². The maximum Gasteiger partial charge on any atom is -0.00672 e. The third kappa shape index (κ3) is 2.78. The molecule has 0 aliphatic carbocycles. The topological polar surface area (TPSA) is 0 Å². The number of hydrogen-bond donors (Lipinski definition) is 0. The van der Waals surface area contributed by atoms with Gasteiger partial charge in [0.1, 0.15) is 0 Å². The summed E-state index contributed by atoms with van der Waals surface area (Å²) >= 11 is 0. The van der Waals surface area contributed by atoms with Gasteiger partial charge >= 0.3 is 0 Å². The number of aryl methyl sites for hydroxylation is 1. The molecule has 0 aliphatic rings. The van der Waals surface area contributed by atoms with Crippen LogP contribution in [0.4, 0.5) is 0 Å². The molecule has 0 aromatic heterocycles. The Kier molecular flexibility index (Phi) is 4.18. The van der Waals surface area contributed by atoms with Crippen molar-refractivity contribution in [1.29, 1.82) is 0 Å². The van der Waals surface area contributed by atoms with Gasteiger partial charge < -0.3 is 0 Å². The van der Waals surface area contributed by atoms with Gasteiger partial charge in [0.25, 0.3) is 0 Å². The van der Waals surface area contributed by atoms with E-state index in [-0.39, 0.29) is 0 Å². The number of hydrogen-bond acceptors (Lipinski definition) is 0. The van der Waals surface area contributed by atoms with Crippen LogP contribution in [0.1, 0.15) is 12.5 Å². The van der Waals surface area contributed by atoms with Crippen LogP contribution in [0.5, 0.6) is 0 Å². The minimum atomic E-state index is 1.03. The molecule has 0 nitrogen and oxygen atoms in total. The van der Waals surface area contributed by atoms with Crippen LogP contribution in [0, 0.1) is 0 Å². The quantitative estimate of drug-likeness (QED) is 0.307. The van der Waals surface area contributed by atoms with Gasteiger partial charge in [0.05, 0.1) is 0 Å². The van der Waals surface area contributed by atoms with Crippen molar-refractivity contribution in [3.63, 3.8) is 0 Å². The van der Waals surface area contributed by atoms with Gasteiger partial charge in [-0.3, -0.25) is 0 Å². The third-order valence-electron chi connectivity index (χ3n) is 5.65. The first kappa shape index (κ1) is 16.8. The van der Waals surface area contributed by atoms with Gasteiger partial charge in [0, 0.05) is 0 Å². The summed E-state index contributed by atoms with van der Waals surface area (Å²) in [5, 5.41) is 5.27. The zero-order chi connectivity index (χ0) is 18.9. The minimum absolute atomic E-state index is 1.03. The predicted molar refractivity (Wildman–Crippen MR) is 122 cm³/mol. The van der Waals surface area contributed by atoms with E-state index >= 15 is 0 Å². The number of benzene rings is 5. The van der Waals surface area contributed by atoms with E-state index in [9.17, 15) is 0 Å². The highest BCUT2D eigenvalue weighted by Crippen LogP contribution is 2.38. The minimum Gasteiger partial charge on any atom is -0.0622 e. The highest BCUT2D eigenvalue weighted by atomic mass is 14.2. The highest BCUT2D eigenvalue weighted by molar-refractivity contribution is 6.07. The molecule has 134 valence electrons. The Morgan fingerprint density at radius 3 is 2.11 bits per heavy atom.